The predicted octanol–water partition coefficient (Wildman–Crippen LogP) is 5.07. The number of rotatable bonds is 4. The molecule has 1 saturated heterocycles. The van der Waals surface area contributed by atoms with E-state index < -0.39 is 23.2 Å². The molecular weight excluding hydrogens is 420 g/mol. The van der Waals surface area contributed by atoms with Gasteiger partial charge in [0.1, 0.15) is 27.2 Å². The number of halogens is 2. The number of carboxylic acid groups (broad SMARTS) is 1. The summed E-state index contributed by atoms with van der Waals surface area (Å²) in [5.74, 6) is -3.95. The number of thioether (sulfide) groups is 1. The molecule has 0 radical (unpaired) electrons. The zero-order valence-electron chi connectivity index (χ0n) is 15.0. The largest absolute Gasteiger partial charge is 0.477 e. The quantitative estimate of drug-likeness (QED) is 0.534. The standard InChI is InChI=1S/C20H15F2NO4S2/c21-13-7-6-12(17(22)16(13)19(25)26)14-8-5-11(27-14)9-15-18(24)23(20(28)29-15)10-3-1-2-4-10/h5-10H,1-4H2,(H,25,26)/b15-9-. The van der Waals surface area contributed by atoms with Gasteiger partial charge in [-0.2, -0.15) is 0 Å². The highest BCUT2D eigenvalue weighted by Gasteiger charge is 2.38. The van der Waals surface area contributed by atoms with Gasteiger partial charge in [0.15, 0.2) is 5.82 Å². The summed E-state index contributed by atoms with van der Waals surface area (Å²) in [7, 11) is 0. The second-order valence-corrected chi connectivity index (χ2v) is 8.46. The first kappa shape index (κ1) is 19.8. The first-order valence-corrected chi connectivity index (χ1v) is 10.2. The Morgan fingerprint density at radius 1 is 1.24 bits per heavy atom. The molecule has 1 amide bonds. The van der Waals surface area contributed by atoms with Gasteiger partial charge in [-0.3, -0.25) is 9.69 Å². The van der Waals surface area contributed by atoms with Crippen molar-refractivity contribution in [2.75, 3.05) is 0 Å². The fourth-order valence-electron chi connectivity index (χ4n) is 3.60. The minimum Gasteiger partial charge on any atom is -0.477 e. The van der Waals surface area contributed by atoms with E-state index in [0.29, 0.717) is 9.23 Å². The predicted molar refractivity (Wildman–Crippen MR) is 108 cm³/mol. The van der Waals surface area contributed by atoms with Gasteiger partial charge in [0.05, 0.1) is 10.5 Å². The molecule has 0 spiro atoms. The number of nitrogens with zero attached hydrogens (tertiary/aromatic N) is 1. The van der Waals surface area contributed by atoms with Gasteiger partial charge in [0.2, 0.25) is 0 Å². The van der Waals surface area contributed by atoms with Crippen LogP contribution < -0.4 is 0 Å². The first-order valence-electron chi connectivity index (χ1n) is 8.95. The van der Waals surface area contributed by atoms with Crippen LogP contribution in [0.3, 0.4) is 0 Å². The summed E-state index contributed by atoms with van der Waals surface area (Å²) in [6, 6.07) is 5.07. The molecule has 29 heavy (non-hydrogen) atoms. The maximum absolute atomic E-state index is 14.4. The summed E-state index contributed by atoms with van der Waals surface area (Å²) in [5, 5.41) is 9.00. The van der Waals surface area contributed by atoms with E-state index >= 15 is 0 Å². The molecule has 0 unspecified atom stereocenters. The summed E-state index contributed by atoms with van der Waals surface area (Å²) < 4.78 is 34.1. The van der Waals surface area contributed by atoms with E-state index in [0.717, 1.165) is 37.8 Å². The van der Waals surface area contributed by atoms with Crippen LogP contribution in [0.25, 0.3) is 17.4 Å². The van der Waals surface area contributed by atoms with Gasteiger partial charge in [-0.05, 0) is 37.1 Å². The number of carbonyl (C=O) groups excluding carboxylic acids is 1. The number of amides is 1. The smallest absolute Gasteiger partial charge is 0.341 e. The number of aromatic carboxylic acids is 1. The number of hydrogen-bond donors (Lipinski definition) is 1. The average Bonchev–Trinajstić information content (AvgIpc) is 3.38. The van der Waals surface area contributed by atoms with E-state index in [9.17, 15) is 18.4 Å². The molecule has 1 saturated carbocycles. The van der Waals surface area contributed by atoms with Gasteiger partial charge in [-0.1, -0.05) is 36.8 Å². The van der Waals surface area contributed by atoms with Crippen molar-refractivity contribution in [2.24, 2.45) is 0 Å². The van der Waals surface area contributed by atoms with Crippen molar-refractivity contribution in [3.05, 3.63) is 52.1 Å². The second-order valence-electron chi connectivity index (χ2n) is 6.78. The molecule has 1 aliphatic heterocycles. The van der Waals surface area contributed by atoms with E-state index in [-0.39, 0.29) is 29.0 Å². The molecule has 150 valence electrons. The van der Waals surface area contributed by atoms with Crippen molar-refractivity contribution in [1.82, 2.24) is 4.90 Å². The topological polar surface area (TPSA) is 70.8 Å². The Labute approximate surface area is 174 Å². The average molecular weight is 435 g/mol. The van der Waals surface area contributed by atoms with Crippen molar-refractivity contribution in [1.29, 1.82) is 0 Å². The van der Waals surface area contributed by atoms with Crippen LogP contribution in [0.5, 0.6) is 0 Å². The van der Waals surface area contributed by atoms with Crippen molar-refractivity contribution in [2.45, 2.75) is 31.7 Å². The Morgan fingerprint density at radius 2 is 1.97 bits per heavy atom. The summed E-state index contributed by atoms with van der Waals surface area (Å²) in [4.78, 5) is 25.9. The molecule has 2 aromatic rings. The van der Waals surface area contributed by atoms with Gasteiger partial charge in [0, 0.05) is 12.1 Å². The number of furan rings is 1. The lowest BCUT2D eigenvalue weighted by molar-refractivity contribution is -0.123. The van der Waals surface area contributed by atoms with Crippen molar-refractivity contribution < 1.29 is 27.9 Å². The third kappa shape index (κ3) is 3.60. The van der Waals surface area contributed by atoms with Gasteiger partial charge >= 0.3 is 5.97 Å². The third-order valence-electron chi connectivity index (χ3n) is 4.98. The maximum Gasteiger partial charge on any atom is 0.341 e. The number of carboxylic acids is 1. The summed E-state index contributed by atoms with van der Waals surface area (Å²) >= 11 is 6.54. The molecule has 2 aliphatic rings. The molecule has 4 rings (SSSR count). The van der Waals surface area contributed by atoms with Crippen LogP contribution in [0, 0.1) is 11.6 Å². The Balaban J connectivity index is 1.62. The second kappa shape index (κ2) is 7.72. The molecule has 5 nitrogen and oxygen atoms in total. The third-order valence-corrected chi connectivity index (χ3v) is 6.31. The molecule has 1 N–H and O–H groups in total. The van der Waals surface area contributed by atoms with Crippen LogP contribution in [-0.2, 0) is 4.79 Å². The normalized spacial score (nSPS) is 19.0. The van der Waals surface area contributed by atoms with Crippen LogP contribution in [-0.4, -0.2) is 32.2 Å². The summed E-state index contributed by atoms with van der Waals surface area (Å²) in [5.41, 5.74) is -1.22. The van der Waals surface area contributed by atoms with Gasteiger partial charge in [-0.15, -0.1) is 0 Å². The van der Waals surface area contributed by atoms with Crippen LogP contribution in [0.2, 0.25) is 0 Å². The highest BCUT2D eigenvalue weighted by atomic mass is 32.2. The molecule has 1 aromatic carbocycles. The van der Waals surface area contributed by atoms with Gasteiger partial charge < -0.3 is 9.52 Å². The van der Waals surface area contributed by atoms with Crippen LogP contribution >= 0.6 is 24.0 Å². The number of thiocarbonyl (C=S) groups is 1. The highest BCUT2D eigenvalue weighted by Crippen LogP contribution is 2.38. The Kier molecular flexibility index (Phi) is 5.26. The minimum atomic E-state index is -1.70. The molecule has 0 atom stereocenters. The van der Waals surface area contributed by atoms with Crippen molar-refractivity contribution in [3.8, 4) is 11.3 Å². The fraction of sp³-hybridized carbons (Fsp3) is 0.250. The molecule has 1 aliphatic carbocycles. The van der Waals surface area contributed by atoms with Crippen molar-refractivity contribution >= 4 is 46.3 Å². The maximum atomic E-state index is 14.4. The Hall–Kier alpha value is -2.52. The summed E-state index contributed by atoms with van der Waals surface area (Å²) in [6.45, 7) is 0. The Bertz CT molecular complexity index is 1060. The monoisotopic (exact) mass is 435 g/mol. The van der Waals surface area contributed by atoms with E-state index in [2.05, 4.69) is 0 Å². The SMILES string of the molecule is O=C(O)c1c(F)ccc(-c2ccc(/C=C3\SC(=S)N(C4CCCC4)C3=O)o2)c1F. The van der Waals surface area contributed by atoms with Crippen LogP contribution in [0.4, 0.5) is 8.78 Å². The van der Waals surface area contributed by atoms with E-state index in [1.54, 1.807) is 4.90 Å². The molecule has 2 heterocycles. The molecule has 0 bridgehead atoms. The molecule has 1 aromatic heterocycles. The van der Waals surface area contributed by atoms with E-state index in [1.807, 2.05) is 0 Å². The lowest BCUT2D eigenvalue weighted by Crippen LogP contribution is -2.36. The summed E-state index contributed by atoms with van der Waals surface area (Å²) in [6.07, 6.45) is 5.53. The lowest BCUT2D eigenvalue weighted by Gasteiger charge is -2.21. The Morgan fingerprint density at radius 3 is 2.66 bits per heavy atom. The highest BCUT2D eigenvalue weighted by molar-refractivity contribution is 8.26. The first-order chi connectivity index (χ1) is 13.9. The van der Waals surface area contributed by atoms with Crippen LogP contribution in [0.15, 0.2) is 33.6 Å². The number of hydrogen-bond acceptors (Lipinski definition) is 5. The molecule has 2 fully saturated rings. The zero-order valence-corrected chi connectivity index (χ0v) is 16.6. The van der Waals surface area contributed by atoms with E-state index in [1.165, 1.54) is 30.0 Å². The van der Waals surface area contributed by atoms with Crippen molar-refractivity contribution in [3.63, 3.8) is 0 Å². The molecule has 9 heteroatoms. The number of carbonyl (C=O) groups is 2. The van der Waals surface area contributed by atoms with E-state index in [4.69, 9.17) is 21.7 Å². The van der Waals surface area contributed by atoms with Crippen LogP contribution in [0.1, 0.15) is 41.8 Å². The minimum absolute atomic E-state index is 0.0301. The van der Waals surface area contributed by atoms with Gasteiger partial charge in [0.25, 0.3) is 5.91 Å². The fourth-order valence-corrected chi connectivity index (χ4v) is 4.98. The van der Waals surface area contributed by atoms with Gasteiger partial charge in [-0.25, -0.2) is 13.6 Å². The molecular formula is C20H15F2NO4S2. The number of benzene rings is 1. The zero-order chi connectivity index (χ0) is 20.7. The lowest BCUT2D eigenvalue weighted by atomic mass is 10.1.